The van der Waals surface area contributed by atoms with E-state index in [0.29, 0.717) is 23.8 Å². The molecule has 6 nitrogen and oxygen atoms in total. The SMILES string of the molecule is CCc1nc(C)c(C(=O)N[C@@H]2c3ccccc3C3(CCNCC3)[C@H]2OC)o1. The van der Waals surface area contributed by atoms with Crippen molar-refractivity contribution in [1.29, 1.82) is 0 Å². The molecule has 1 aliphatic heterocycles. The summed E-state index contributed by atoms with van der Waals surface area (Å²) in [4.78, 5) is 17.3. The molecule has 1 saturated heterocycles. The summed E-state index contributed by atoms with van der Waals surface area (Å²) in [5, 5.41) is 6.63. The number of carbonyl (C=O) groups is 1. The predicted molar refractivity (Wildman–Crippen MR) is 102 cm³/mol. The Morgan fingerprint density at radius 3 is 2.78 bits per heavy atom. The molecule has 2 atom stereocenters. The molecule has 2 aromatic rings. The van der Waals surface area contributed by atoms with E-state index in [9.17, 15) is 4.79 Å². The number of hydrogen-bond acceptors (Lipinski definition) is 5. The molecule has 144 valence electrons. The smallest absolute Gasteiger partial charge is 0.289 e. The standard InChI is InChI=1S/C21H27N3O3/c1-4-16-23-13(2)18(27-16)20(25)24-17-14-7-5-6-8-15(14)21(19(17)26-3)9-11-22-12-10-21/h5-8,17,19,22H,4,9-12H2,1-3H3,(H,24,25)/t17-,19+/m1/s1. The van der Waals surface area contributed by atoms with E-state index in [1.54, 1.807) is 7.11 Å². The quantitative estimate of drug-likeness (QED) is 0.867. The van der Waals surface area contributed by atoms with Gasteiger partial charge in [-0.3, -0.25) is 4.79 Å². The Hall–Kier alpha value is -2.18. The lowest BCUT2D eigenvalue weighted by atomic mass is 9.72. The van der Waals surface area contributed by atoms with E-state index in [-0.39, 0.29) is 23.5 Å². The molecule has 1 fully saturated rings. The van der Waals surface area contributed by atoms with Crippen molar-refractivity contribution in [2.75, 3.05) is 20.2 Å². The molecule has 1 aromatic carbocycles. The normalized spacial score (nSPS) is 23.4. The first-order valence-corrected chi connectivity index (χ1v) is 9.71. The van der Waals surface area contributed by atoms with E-state index in [4.69, 9.17) is 9.15 Å². The molecule has 0 bridgehead atoms. The average molecular weight is 369 g/mol. The number of piperidine rings is 1. The molecule has 2 aliphatic rings. The van der Waals surface area contributed by atoms with Crippen molar-refractivity contribution in [2.45, 2.75) is 50.7 Å². The number of amides is 1. The van der Waals surface area contributed by atoms with Crippen LogP contribution < -0.4 is 10.6 Å². The molecule has 1 aliphatic carbocycles. The van der Waals surface area contributed by atoms with Crippen molar-refractivity contribution < 1.29 is 13.9 Å². The summed E-state index contributed by atoms with van der Waals surface area (Å²) in [5.41, 5.74) is 3.00. The molecule has 1 aromatic heterocycles. The van der Waals surface area contributed by atoms with E-state index in [1.165, 1.54) is 5.56 Å². The molecule has 2 heterocycles. The molecular weight excluding hydrogens is 342 g/mol. The van der Waals surface area contributed by atoms with Crippen LogP contribution in [0.15, 0.2) is 28.7 Å². The molecule has 1 spiro atoms. The van der Waals surface area contributed by atoms with Crippen LogP contribution in [0.3, 0.4) is 0 Å². The van der Waals surface area contributed by atoms with Crippen LogP contribution in [0.2, 0.25) is 0 Å². The Labute approximate surface area is 159 Å². The van der Waals surface area contributed by atoms with Crippen LogP contribution in [0, 0.1) is 6.92 Å². The minimum atomic E-state index is -0.229. The second-order valence-electron chi connectivity index (χ2n) is 7.48. The number of nitrogens with one attached hydrogen (secondary N) is 2. The van der Waals surface area contributed by atoms with Gasteiger partial charge in [-0.2, -0.15) is 0 Å². The van der Waals surface area contributed by atoms with Gasteiger partial charge in [-0.25, -0.2) is 4.98 Å². The van der Waals surface area contributed by atoms with Gasteiger partial charge < -0.3 is 19.8 Å². The summed E-state index contributed by atoms with van der Waals surface area (Å²) in [6.07, 6.45) is 2.55. The maximum Gasteiger partial charge on any atom is 0.289 e. The lowest BCUT2D eigenvalue weighted by molar-refractivity contribution is 0.00369. The Balaban J connectivity index is 1.69. The van der Waals surface area contributed by atoms with Crippen molar-refractivity contribution in [2.24, 2.45) is 0 Å². The molecule has 2 N–H and O–H groups in total. The molecule has 0 saturated carbocycles. The van der Waals surface area contributed by atoms with Gasteiger partial charge in [0.1, 0.15) is 0 Å². The van der Waals surface area contributed by atoms with Gasteiger partial charge in [0.25, 0.3) is 5.91 Å². The number of methoxy groups -OCH3 is 1. The van der Waals surface area contributed by atoms with Gasteiger partial charge in [-0.05, 0) is 44.0 Å². The zero-order valence-electron chi connectivity index (χ0n) is 16.2. The third-order valence-electron chi connectivity index (χ3n) is 6.07. The van der Waals surface area contributed by atoms with Crippen LogP contribution in [-0.4, -0.2) is 37.2 Å². The van der Waals surface area contributed by atoms with Crippen LogP contribution in [0.1, 0.15) is 59.1 Å². The molecule has 1 amide bonds. The van der Waals surface area contributed by atoms with Crippen LogP contribution >= 0.6 is 0 Å². The summed E-state index contributed by atoms with van der Waals surface area (Å²) in [6, 6.07) is 8.20. The highest BCUT2D eigenvalue weighted by Crippen LogP contribution is 2.51. The van der Waals surface area contributed by atoms with Gasteiger partial charge in [-0.1, -0.05) is 31.2 Å². The number of hydrogen-bond donors (Lipinski definition) is 2. The zero-order chi connectivity index (χ0) is 19.0. The molecule has 6 heteroatoms. The largest absolute Gasteiger partial charge is 0.435 e. The maximum atomic E-state index is 13.0. The highest BCUT2D eigenvalue weighted by Gasteiger charge is 2.53. The van der Waals surface area contributed by atoms with Crippen molar-refractivity contribution in [3.63, 3.8) is 0 Å². The molecule has 4 rings (SSSR count). The van der Waals surface area contributed by atoms with Crippen LogP contribution in [0.4, 0.5) is 0 Å². The Morgan fingerprint density at radius 2 is 2.11 bits per heavy atom. The fourth-order valence-electron chi connectivity index (χ4n) is 4.82. The predicted octanol–water partition coefficient (Wildman–Crippen LogP) is 2.67. The number of fused-ring (bicyclic) bond motifs is 2. The van der Waals surface area contributed by atoms with Crippen molar-refractivity contribution in [1.82, 2.24) is 15.6 Å². The number of rotatable bonds is 4. The lowest BCUT2D eigenvalue weighted by Gasteiger charge is -2.40. The van der Waals surface area contributed by atoms with Gasteiger partial charge in [0.05, 0.1) is 17.8 Å². The Bertz CT molecular complexity index is 839. The lowest BCUT2D eigenvalue weighted by Crippen LogP contribution is -2.49. The van der Waals surface area contributed by atoms with Crippen molar-refractivity contribution in [3.05, 3.63) is 52.7 Å². The van der Waals surface area contributed by atoms with Gasteiger partial charge in [-0.15, -0.1) is 0 Å². The third kappa shape index (κ3) is 2.87. The highest BCUT2D eigenvalue weighted by atomic mass is 16.5. The topological polar surface area (TPSA) is 76.4 Å². The van der Waals surface area contributed by atoms with Gasteiger partial charge >= 0.3 is 0 Å². The zero-order valence-corrected chi connectivity index (χ0v) is 16.2. The number of benzene rings is 1. The summed E-state index contributed by atoms with van der Waals surface area (Å²) in [5.74, 6) is 0.653. The molecule has 0 unspecified atom stereocenters. The summed E-state index contributed by atoms with van der Waals surface area (Å²) < 4.78 is 11.7. The fourth-order valence-corrected chi connectivity index (χ4v) is 4.82. The minimum absolute atomic E-state index is 0.0699. The second-order valence-corrected chi connectivity index (χ2v) is 7.48. The summed E-state index contributed by atoms with van der Waals surface area (Å²) >= 11 is 0. The maximum absolute atomic E-state index is 13.0. The average Bonchev–Trinajstić information content (AvgIpc) is 3.19. The summed E-state index contributed by atoms with van der Waals surface area (Å²) in [7, 11) is 1.74. The monoisotopic (exact) mass is 369 g/mol. The van der Waals surface area contributed by atoms with Crippen LogP contribution in [0.25, 0.3) is 0 Å². The number of aromatic nitrogens is 1. The molecule has 0 radical (unpaired) electrons. The van der Waals surface area contributed by atoms with Gasteiger partial charge in [0, 0.05) is 18.9 Å². The van der Waals surface area contributed by atoms with Crippen molar-refractivity contribution in [3.8, 4) is 0 Å². The molecule has 27 heavy (non-hydrogen) atoms. The molecular formula is C21H27N3O3. The number of carbonyl (C=O) groups excluding carboxylic acids is 1. The minimum Gasteiger partial charge on any atom is -0.435 e. The number of nitrogens with zero attached hydrogens (tertiary/aromatic N) is 1. The number of oxazole rings is 1. The van der Waals surface area contributed by atoms with E-state index in [0.717, 1.165) is 31.5 Å². The summed E-state index contributed by atoms with van der Waals surface area (Å²) in [6.45, 7) is 5.68. The number of ether oxygens (including phenoxy) is 1. The van der Waals surface area contributed by atoms with E-state index in [2.05, 4.69) is 33.8 Å². The first-order chi connectivity index (χ1) is 13.1. The van der Waals surface area contributed by atoms with Gasteiger partial charge in [0.2, 0.25) is 5.76 Å². The van der Waals surface area contributed by atoms with E-state index in [1.807, 2.05) is 19.9 Å². The third-order valence-corrected chi connectivity index (χ3v) is 6.07. The number of aryl methyl sites for hydroxylation is 2. The Kier molecular flexibility index (Phi) is 4.78. The van der Waals surface area contributed by atoms with E-state index < -0.39 is 0 Å². The van der Waals surface area contributed by atoms with Crippen LogP contribution in [-0.2, 0) is 16.6 Å². The Morgan fingerprint density at radius 1 is 1.37 bits per heavy atom. The first kappa shape index (κ1) is 18.2. The first-order valence-electron chi connectivity index (χ1n) is 9.71. The van der Waals surface area contributed by atoms with Gasteiger partial charge in [0.15, 0.2) is 5.89 Å². The van der Waals surface area contributed by atoms with Crippen LogP contribution in [0.5, 0.6) is 0 Å². The highest BCUT2D eigenvalue weighted by molar-refractivity contribution is 5.93. The van der Waals surface area contributed by atoms with Crippen molar-refractivity contribution >= 4 is 5.91 Å². The fraction of sp³-hybridized carbons (Fsp3) is 0.524. The van der Waals surface area contributed by atoms with E-state index >= 15 is 0 Å². The second kappa shape index (κ2) is 7.09.